The molecular weight excluding hydrogens is 234 g/mol. The number of ether oxygens (including phenoxy) is 1. The number of nitrogens with one attached hydrogen (secondary N) is 1. The predicted octanol–water partition coefficient (Wildman–Crippen LogP) is 1.74. The molecule has 0 spiro atoms. The molecule has 0 radical (unpaired) electrons. The second kappa shape index (κ2) is 4.39. The Hall–Kier alpha value is -1.14. The van der Waals surface area contributed by atoms with Gasteiger partial charge in [-0.15, -0.1) is 11.8 Å². The smallest absolute Gasteiger partial charge is 0.140 e. The van der Waals surface area contributed by atoms with E-state index in [4.69, 9.17) is 15.9 Å². The second-order valence-corrected chi connectivity index (χ2v) is 4.77. The minimum atomic E-state index is -0.679. The maximum Gasteiger partial charge on any atom is 0.140 e. The molecule has 1 heterocycles. The van der Waals surface area contributed by atoms with Gasteiger partial charge < -0.3 is 10.5 Å². The molecule has 1 fully saturated rings. The van der Waals surface area contributed by atoms with Gasteiger partial charge in [0, 0.05) is 5.56 Å². The van der Waals surface area contributed by atoms with Crippen LogP contribution in [0.5, 0.6) is 0 Å². The summed E-state index contributed by atoms with van der Waals surface area (Å²) < 4.78 is 32.0. The van der Waals surface area contributed by atoms with Crippen molar-refractivity contribution >= 4 is 17.6 Å². The van der Waals surface area contributed by atoms with Crippen LogP contribution in [0.4, 0.5) is 8.78 Å². The molecule has 86 valence electrons. The van der Waals surface area contributed by atoms with Crippen molar-refractivity contribution in [1.29, 1.82) is 5.41 Å². The lowest BCUT2D eigenvalue weighted by molar-refractivity contribution is 0.0454. The summed E-state index contributed by atoms with van der Waals surface area (Å²) in [5.74, 6) is -1.70. The van der Waals surface area contributed by atoms with Crippen LogP contribution in [0.15, 0.2) is 17.0 Å². The molecule has 0 unspecified atom stereocenters. The first-order valence-electron chi connectivity index (χ1n) is 4.66. The maximum absolute atomic E-state index is 13.5. The molecular formula is C10H10F2N2OS. The Morgan fingerprint density at radius 3 is 2.31 bits per heavy atom. The van der Waals surface area contributed by atoms with Crippen molar-refractivity contribution in [3.8, 4) is 0 Å². The summed E-state index contributed by atoms with van der Waals surface area (Å²) in [5, 5.41) is 7.21. The molecule has 0 amide bonds. The molecule has 3 N–H and O–H groups in total. The van der Waals surface area contributed by atoms with Gasteiger partial charge in [-0.2, -0.15) is 0 Å². The summed E-state index contributed by atoms with van der Waals surface area (Å²) in [6.45, 7) is 1.02. The molecule has 0 aromatic heterocycles. The van der Waals surface area contributed by atoms with E-state index in [1.807, 2.05) is 0 Å². The zero-order valence-electron chi connectivity index (χ0n) is 8.30. The maximum atomic E-state index is 13.5. The minimum absolute atomic E-state index is 0.0294. The molecule has 0 saturated carbocycles. The van der Waals surface area contributed by atoms with Crippen LogP contribution in [0.25, 0.3) is 0 Å². The lowest BCUT2D eigenvalue weighted by Gasteiger charge is -2.25. The number of hydrogen-bond acceptors (Lipinski definition) is 3. The van der Waals surface area contributed by atoms with Crippen LogP contribution in [-0.4, -0.2) is 24.3 Å². The molecule has 6 heteroatoms. The van der Waals surface area contributed by atoms with Crippen LogP contribution in [-0.2, 0) is 4.74 Å². The van der Waals surface area contributed by atoms with E-state index in [0.717, 1.165) is 23.9 Å². The Morgan fingerprint density at radius 2 is 1.94 bits per heavy atom. The predicted molar refractivity (Wildman–Crippen MR) is 57.8 cm³/mol. The highest BCUT2D eigenvalue weighted by molar-refractivity contribution is 8.00. The zero-order valence-corrected chi connectivity index (χ0v) is 9.11. The lowest BCUT2D eigenvalue weighted by atomic mass is 10.2. The van der Waals surface area contributed by atoms with Crippen LogP contribution < -0.4 is 5.73 Å². The highest BCUT2D eigenvalue weighted by Gasteiger charge is 2.23. The van der Waals surface area contributed by atoms with Gasteiger partial charge in [-0.3, -0.25) is 5.41 Å². The average Bonchev–Trinajstić information content (AvgIpc) is 2.13. The van der Waals surface area contributed by atoms with Gasteiger partial charge in [0.25, 0.3) is 0 Å². The summed E-state index contributed by atoms with van der Waals surface area (Å²) in [4.78, 5) is -0.0294. The number of amidine groups is 1. The van der Waals surface area contributed by atoms with Gasteiger partial charge >= 0.3 is 0 Å². The first-order chi connectivity index (χ1) is 7.58. The second-order valence-electron chi connectivity index (χ2n) is 3.46. The van der Waals surface area contributed by atoms with Gasteiger partial charge in [0.1, 0.15) is 17.5 Å². The van der Waals surface area contributed by atoms with E-state index in [-0.39, 0.29) is 21.5 Å². The highest BCUT2D eigenvalue weighted by atomic mass is 32.2. The standard InChI is InChI=1S/C10H10F2N2OS/c11-7-1-5(10(13)14)2-8(12)9(7)16-6-3-15-4-6/h1-2,6H,3-4H2,(H3,13,14). The van der Waals surface area contributed by atoms with E-state index in [1.54, 1.807) is 0 Å². The Morgan fingerprint density at radius 1 is 1.38 bits per heavy atom. The highest BCUT2D eigenvalue weighted by Crippen LogP contribution is 2.32. The zero-order chi connectivity index (χ0) is 11.7. The monoisotopic (exact) mass is 244 g/mol. The number of benzene rings is 1. The van der Waals surface area contributed by atoms with Gasteiger partial charge in [0.05, 0.1) is 23.4 Å². The normalized spacial score (nSPS) is 15.9. The van der Waals surface area contributed by atoms with Crippen molar-refractivity contribution in [3.05, 3.63) is 29.3 Å². The molecule has 2 rings (SSSR count). The summed E-state index contributed by atoms with van der Waals surface area (Å²) in [5.41, 5.74) is 5.22. The molecule has 1 saturated heterocycles. The molecule has 0 atom stereocenters. The van der Waals surface area contributed by atoms with E-state index in [9.17, 15) is 8.78 Å². The van der Waals surface area contributed by atoms with Crippen molar-refractivity contribution in [2.24, 2.45) is 5.73 Å². The third-order valence-electron chi connectivity index (χ3n) is 2.20. The fourth-order valence-corrected chi connectivity index (χ4v) is 2.28. The van der Waals surface area contributed by atoms with E-state index >= 15 is 0 Å². The Balaban J connectivity index is 2.27. The van der Waals surface area contributed by atoms with Crippen LogP contribution in [0.1, 0.15) is 5.56 Å². The Bertz CT molecular complexity index is 412. The van der Waals surface area contributed by atoms with Crippen molar-refractivity contribution in [3.63, 3.8) is 0 Å². The number of hydrogen-bond donors (Lipinski definition) is 2. The average molecular weight is 244 g/mol. The number of thioether (sulfide) groups is 1. The van der Waals surface area contributed by atoms with Crippen molar-refractivity contribution < 1.29 is 13.5 Å². The lowest BCUT2D eigenvalue weighted by Crippen LogP contribution is -2.30. The first-order valence-corrected chi connectivity index (χ1v) is 5.53. The largest absolute Gasteiger partial charge is 0.384 e. The van der Waals surface area contributed by atoms with Crippen LogP contribution in [0, 0.1) is 17.0 Å². The van der Waals surface area contributed by atoms with Crippen molar-refractivity contribution in [1.82, 2.24) is 0 Å². The van der Waals surface area contributed by atoms with Crippen LogP contribution in [0.2, 0.25) is 0 Å². The van der Waals surface area contributed by atoms with Gasteiger partial charge in [-0.05, 0) is 12.1 Å². The summed E-state index contributed by atoms with van der Waals surface area (Å²) in [6, 6.07) is 2.15. The topological polar surface area (TPSA) is 59.1 Å². The fourth-order valence-electron chi connectivity index (χ4n) is 1.28. The molecule has 1 aromatic rings. The number of nitrogen functional groups attached to an aromatic ring is 1. The van der Waals surface area contributed by atoms with E-state index in [1.165, 1.54) is 0 Å². The number of rotatable bonds is 3. The van der Waals surface area contributed by atoms with Crippen molar-refractivity contribution in [2.45, 2.75) is 10.1 Å². The van der Waals surface area contributed by atoms with Crippen LogP contribution >= 0.6 is 11.8 Å². The van der Waals surface area contributed by atoms with Crippen LogP contribution in [0.3, 0.4) is 0 Å². The first kappa shape index (κ1) is 11.3. The van der Waals surface area contributed by atoms with Gasteiger partial charge in [-0.1, -0.05) is 0 Å². The summed E-state index contributed by atoms with van der Waals surface area (Å²) in [7, 11) is 0. The van der Waals surface area contributed by atoms with Gasteiger partial charge in [-0.25, -0.2) is 8.78 Å². The molecule has 0 aliphatic carbocycles. The summed E-state index contributed by atoms with van der Waals surface area (Å²) in [6.07, 6.45) is 0. The Labute approximate surface area is 95.5 Å². The third kappa shape index (κ3) is 2.17. The number of nitrogens with two attached hydrogens (primary N) is 1. The molecule has 1 aromatic carbocycles. The fraction of sp³-hybridized carbons (Fsp3) is 0.300. The van der Waals surface area contributed by atoms with E-state index in [0.29, 0.717) is 13.2 Å². The minimum Gasteiger partial charge on any atom is -0.384 e. The van der Waals surface area contributed by atoms with Gasteiger partial charge in [0.2, 0.25) is 0 Å². The molecule has 3 nitrogen and oxygen atoms in total. The van der Waals surface area contributed by atoms with Crippen molar-refractivity contribution in [2.75, 3.05) is 13.2 Å². The molecule has 1 aliphatic heterocycles. The third-order valence-corrected chi connectivity index (χ3v) is 3.43. The molecule has 1 aliphatic rings. The Kier molecular flexibility index (Phi) is 3.11. The van der Waals surface area contributed by atoms with E-state index < -0.39 is 11.6 Å². The summed E-state index contributed by atoms with van der Waals surface area (Å²) >= 11 is 1.12. The van der Waals surface area contributed by atoms with E-state index in [2.05, 4.69) is 0 Å². The SMILES string of the molecule is N=C(N)c1cc(F)c(SC2COC2)c(F)c1. The van der Waals surface area contributed by atoms with Gasteiger partial charge in [0.15, 0.2) is 0 Å². The molecule has 16 heavy (non-hydrogen) atoms. The quantitative estimate of drug-likeness (QED) is 0.629. The molecule has 0 bridgehead atoms. The number of halogens is 2.